The molecule has 2 rings (SSSR count). The zero-order valence-corrected chi connectivity index (χ0v) is 15.1. The highest BCUT2D eigenvalue weighted by Crippen LogP contribution is 2.23. The van der Waals surface area contributed by atoms with E-state index in [4.69, 9.17) is 0 Å². The highest BCUT2D eigenvalue weighted by molar-refractivity contribution is 7.99. The highest BCUT2D eigenvalue weighted by atomic mass is 32.2. The minimum Gasteiger partial charge on any atom is -0.323 e. The van der Waals surface area contributed by atoms with Crippen molar-refractivity contribution >= 4 is 23.4 Å². The monoisotopic (exact) mass is 367 g/mol. The molecule has 0 aliphatic heterocycles. The molecule has 0 saturated carbocycles. The average Bonchev–Trinajstić information content (AvgIpc) is 2.52. The van der Waals surface area contributed by atoms with Crippen LogP contribution in [-0.4, -0.2) is 11.7 Å². The van der Waals surface area contributed by atoms with E-state index < -0.39 is 23.4 Å². The molecule has 0 heterocycles. The lowest BCUT2D eigenvalue weighted by Crippen LogP contribution is -2.15. The molecule has 6 heteroatoms. The number of rotatable bonds is 5. The molecule has 2 aromatic rings. The van der Waals surface area contributed by atoms with Crippen molar-refractivity contribution in [3.8, 4) is 0 Å². The van der Waals surface area contributed by atoms with Gasteiger partial charge in [-0.2, -0.15) is 0 Å². The Kier molecular flexibility index (Phi) is 6.16. The number of anilines is 1. The molecule has 0 spiro atoms. The fourth-order valence-corrected chi connectivity index (χ4v) is 2.95. The van der Waals surface area contributed by atoms with Crippen LogP contribution in [0.5, 0.6) is 0 Å². The summed E-state index contributed by atoms with van der Waals surface area (Å²) in [5.41, 5.74) is 2.02. The number of thioether (sulfide) groups is 1. The molecular formula is C19H20F3NOS. The first-order valence-corrected chi connectivity index (χ1v) is 8.94. The number of halogens is 3. The molecule has 1 N–H and O–H groups in total. The summed E-state index contributed by atoms with van der Waals surface area (Å²) in [4.78, 5) is 11.8. The molecule has 0 aliphatic rings. The fraction of sp³-hybridized carbons (Fsp3) is 0.316. The van der Waals surface area contributed by atoms with Crippen LogP contribution in [0.4, 0.5) is 18.9 Å². The lowest BCUT2D eigenvalue weighted by Gasteiger charge is -2.19. The molecule has 1 amide bonds. The van der Waals surface area contributed by atoms with Crippen LogP contribution in [0.3, 0.4) is 0 Å². The predicted octanol–water partition coefficient (Wildman–Crippen LogP) is 5.27. The second kappa shape index (κ2) is 7.95. The minimum atomic E-state index is -1.29. The summed E-state index contributed by atoms with van der Waals surface area (Å²) in [5.74, 6) is -3.26. The van der Waals surface area contributed by atoms with Gasteiger partial charge in [-0.25, -0.2) is 13.2 Å². The summed E-state index contributed by atoms with van der Waals surface area (Å²) in [5, 5.41) is 2.25. The quantitative estimate of drug-likeness (QED) is 0.729. The van der Waals surface area contributed by atoms with Crippen LogP contribution < -0.4 is 5.32 Å². The maximum atomic E-state index is 13.5. The summed E-state index contributed by atoms with van der Waals surface area (Å²) in [6.45, 7) is 6.41. The van der Waals surface area contributed by atoms with Crippen LogP contribution in [0.15, 0.2) is 36.4 Å². The van der Waals surface area contributed by atoms with E-state index in [9.17, 15) is 18.0 Å². The zero-order valence-electron chi connectivity index (χ0n) is 14.3. The number of hydrogen-bond donors (Lipinski definition) is 1. The van der Waals surface area contributed by atoms with Crippen molar-refractivity contribution in [3.63, 3.8) is 0 Å². The van der Waals surface area contributed by atoms with Gasteiger partial charge in [-0.1, -0.05) is 45.0 Å². The molecule has 134 valence electrons. The van der Waals surface area contributed by atoms with Crippen LogP contribution in [0.25, 0.3) is 0 Å². The molecular weight excluding hydrogens is 347 g/mol. The largest absolute Gasteiger partial charge is 0.323 e. The number of hydrogen-bond acceptors (Lipinski definition) is 2. The van der Waals surface area contributed by atoms with E-state index >= 15 is 0 Å². The number of amides is 1. The third-order valence-electron chi connectivity index (χ3n) is 3.61. The summed E-state index contributed by atoms with van der Waals surface area (Å²) in [6, 6.07) is 9.20. The van der Waals surface area contributed by atoms with Crippen molar-refractivity contribution in [1.82, 2.24) is 0 Å². The van der Waals surface area contributed by atoms with Crippen LogP contribution in [-0.2, 0) is 16.0 Å². The van der Waals surface area contributed by atoms with E-state index in [1.54, 1.807) is 0 Å². The van der Waals surface area contributed by atoms with Gasteiger partial charge in [-0.15, -0.1) is 11.8 Å². The van der Waals surface area contributed by atoms with E-state index in [2.05, 4.69) is 38.2 Å². The molecule has 0 atom stereocenters. The summed E-state index contributed by atoms with van der Waals surface area (Å²) >= 11 is 1.36. The van der Waals surface area contributed by atoms with Gasteiger partial charge in [0.05, 0.1) is 11.4 Å². The Morgan fingerprint density at radius 2 is 1.60 bits per heavy atom. The SMILES string of the molecule is CC(C)(C)c1ccc(CSCC(=O)Nc2cc(F)c(F)cc2F)cc1. The van der Waals surface area contributed by atoms with Crippen LogP contribution >= 0.6 is 11.8 Å². The van der Waals surface area contributed by atoms with Gasteiger partial charge in [0, 0.05) is 17.9 Å². The summed E-state index contributed by atoms with van der Waals surface area (Å²) in [6.07, 6.45) is 0. The number of carbonyl (C=O) groups excluding carboxylic acids is 1. The van der Waals surface area contributed by atoms with Crippen molar-refractivity contribution in [2.45, 2.75) is 31.9 Å². The molecule has 25 heavy (non-hydrogen) atoms. The van der Waals surface area contributed by atoms with Crippen molar-refractivity contribution in [2.75, 3.05) is 11.1 Å². The van der Waals surface area contributed by atoms with Gasteiger partial charge in [-0.3, -0.25) is 4.79 Å². The van der Waals surface area contributed by atoms with Gasteiger partial charge in [0.2, 0.25) is 5.91 Å². The van der Waals surface area contributed by atoms with Crippen molar-refractivity contribution in [3.05, 3.63) is 65.0 Å². The molecule has 0 radical (unpaired) electrons. The number of nitrogens with one attached hydrogen (secondary N) is 1. The predicted molar refractivity (Wildman–Crippen MR) is 96.2 cm³/mol. The Balaban J connectivity index is 1.86. The van der Waals surface area contributed by atoms with Crippen molar-refractivity contribution in [1.29, 1.82) is 0 Å². The summed E-state index contributed by atoms with van der Waals surface area (Å²) in [7, 11) is 0. The second-order valence-corrected chi connectivity index (χ2v) is 7.72. The zero-order chi connectivity index (χ0) is 18.6. The number of carbonyl (C=O) groups is 1. The van der Waals surface area contributed by atoms with Gasteiger partial charge in [0.1, 0.15) is 5.82 Å². The molecule has 2 aromatic carbocycles. The van der Waals surface area contributed by atoms with Gasteiger partial charge < -0.3 is 5.32 Å². The molecule has 0 aliphatic carbocycles. The van der Waals surface area contributed by atoms with Gasteiger partial charge in [0.25, 0.3) is 0 Å². The third kappa shape index (κ3) is 5.53. The normalized spacial score (nSPS) is 11.4. The molecule has 0 fully saturated rings. The molecule has 2 nitrogen and oxygen atoms in total. The Morgan fingerprint density at radius 3 is 2.20 bits per heavy atom. The average molecular weight is 367 g/mol. The first-order chi connectivity index (χ1) is 11.7. The lowest BCUT2D eigenvalue weighted by atomic mass is 9.87. The topological polar surface area (TPSA) is 29.1 Å². The minimum absolute atomic E-state index is 0.0828. The van der Waals surface area contributed by atoms with Crippen LogP contribution in [0.1, 0.15) is 31.9 Å². The first-order valence-electron chi connectivity index (χ1n) is 7.78. The van der Waals surface area contributed by atoms with E-state index in [0.29, 0.717) is 17.9 Å². The molecule has 0 saturated heterocycles. The Bertz CT molecular complexity index is 754. The summed E-state index contributed by atoms with van der Waals surface area (Å²) < 4.78 is 39.4. The smallest absolute Gasteiger partial charge is 0.234 e. The van der Waals surface area contributed by atoms with Gasteiger partial charge in [0.15, 0.2) is 11.6 Å². The van der Waals surface area contributed by atoms with Gasteiger partial charge >= 0.3 is 0 Å². The van der Waals surface area contributed by atoms with Gasteiger partial charge in [-0.05, 0) is 16.5 Å². The van der Waals surface area contributed by atoms with E-state index in [-0.39, 0.29) is 16.9 Å². The highest BCUT2D eigenvalue weighted by Gasteiger charge is 2.14. The standard InChI is InChI=1S/C19H20F3NOS/c1-19(2,3)13-6-4-12(5-7-13)10-25-11-18(24)23-17-9-15(21)14(20)8-16(17)22/h4-9H,10-11H2,1-3H3,(H,23,24). The Morgan fingerprint density at radius 1 is 1.00 bits per heavy atom. The first kappa shape index (κ1) is 19.4. The van der Waals surface area contributed by atoms with Crippen LogP contribution in [0.2, 0.25) is 0 Å². The van der Waals surface area contributed by atoms with Crippen LogP contribution in [0, 0.1) is 17.5 Å². The fourth-order valence-electron chi connectivity index (χ4n) is 2.17. The van der Waals surface area contributed by atoms with E-state index in [1.165, 1.54) is 17.3 Å². The number of benzene rings is 2. The van der Waals surface area contributed by atoms with E-state index in [1.807, 2.05) is 12.1 Å². The van der Waals surface area contributed by atoms with Crippen molar-refractivity contribution < 1.29 is 18.0 Å². The Labute approximate surface area is 149 Å². The maximum absolute atomic E-state index is 13.5. The molecule has 0 unspecified atom stereocenters. The molecule has 0 bridgehead atoms. The van der Waals surface area contributed by atoms with Crippen molar-refractivity contribution in [2.24, 2.45) is 0 Å². The van der Waals surface area contributed by atoms with E-state index in [0.717, 1.165) is 5.56 Å². The third-order valence-corrected chi connectivity index (χ3v) is 4.61. The lowest BCUT2D eigenvalue weighted by molar-refractivity contribution is -0.113. The second-order valence-electron chi connectivity index (χ2n) is 6.73. The molecule has 0 aromatic heterocycles. The maximum Gasteiger partial charge on any atom is 0.234 e. The Hall–Kier alpha value is -1.95.